The van der Waals surface area contributed by atoms with Crippen molar-refractivity contribution in [2.24, 2.45) is 5.92 Å². The predicted octanol–water partition coefficient (Wildman–Crippen LogP) is 2.18. The fourth-order valence-electron chi connectivity index (χ4n) is 1.60. The molecule has 1 aromatic rings. The summed E-state index contributed by atoms with van der Waals surface area (Å²) in [4.78, 5) is 13.8. The summed E-state index contributed by atoms with van der Waals surface area (Å²) >= 11 is 0. The summed E-state index contributed by atoms with van der Waals surface area (Å²) < 4.78 is 0. The van der Waals surface area contributed by atoms with E-state index in [0.29, 0.717) is 24.2 Å². The molecule has 0 bridgehead atoms. The molecule has 4 heteroatoms. The zero-order valence-electron chi connectivity index (χ0n) is 10.6. The summed E-state index contributed by atoms with van der Waals surface area (Å²) in [5, 5.41) is 17.5. The molecule has 1 unspecified atom stereocenters. The van der Waals surface area contributed by atoms with Crippen molar-refractivity contribution in [2.75, 3.05) is 13.1 Å². The highest BCUT2D eigenvalue weighted by Gasteiger charge is 2.16. The van der Waals surface area contributed by atoms with E-state index < -0.39 is 0 Å². The van der Waals surface area contributed by atoms with Gasteiger partial charge in [0, 0.05) is 18.7 Å². The molecule has 92 valence electrons. The zero-order valence-corrected chi connectivity index (χ0v) is 10.6. The molecule has 0 N–H and O–H groups in total. The van der Waals surface area contributed by atoms with Crippen molar-refractivity contribution in [3.8, 4) is 12.1 Å². The fourth-order valence-corrected chi connectivity index (χ4v) is 1.60. The Morgan fingerprint density at radius 2 is 1.94 bits per heavy atom. The lowest BCUT2D eigenvalue weighted by Gasteiger charge is -2.22. The van der Waals surface area contributed by atoms with Crippen molar-refractivity contribution in [1.29, 1.82) is 10.5 Å². The number of carbonyl (C=O) groups excluding carboxylic acids is 1. The third-order valence-corrected chi connectivity index (χ3v) is 2.64. The van der Waals surface area contributed by atoms with Crippen LogP contribution in [0.5, 0.6) is 0 Å². The van der Waals surface area contributed by atoms with Crippen LogP contribution >= 0.6 is 0 Å². The highest BCUT2D eigenvalue weighted by Crippen LogP contribution is 2.09. The smallest absolute Gasteiger partial charge is 0.253 e. The third-order valence-electron chi connectivity index (χ3n) is 2.64. The first-order valence-electron chi connectivity index (χ1n) is 5.81. The van der Waals surface area contributed by atoms with E-state index in [9.17, 15) is 4.79 Å². The molecule has 0 aliphatic rings. The molecule has 0 aliphatic carbocycles. The van der Waals surface area contributed by atoms with E-state index in [1.54, 1.807) is 36.1 Å². The van der Waals surface area contributed by atoms with E-state index in [-0.39, 0.29) is 11.8 Å². The monoisotopic (exact) mass is 241 g/mol. The van der Waals surface area contributed by atoms with Crippen LogP contribution in [0.1, 0.15) is 29.8 Å². The van der Waals surface area contributed by atoms with Crippen molar-refractivity contribution in [2.45, 2.75) is 13.8 Å². The Bertz CT molecular complexity index is 493. The average molecular weight is 241 g/mol. The van der Waals surface area contributed by atoms with Gasteiger partial charge in [0.1, 0.15) is 0 Å². The molecule has 0 radical (unpaired) electrons. The molecule has 0 heterocycles. The van der Waals surface area contributed by atoms with Crippen molar-refractivity contribution in [3.05, 3.63) is 35.4 Å². The second-order valence-electron chi connectivity index (χ2n) is 4.06. The Kier molecular flexibility index (Phi) is 4.90. The number of nitriles is 2. The Morgan fingerprint density at radius 3 is 2.39 bits per heavy atom. The minimum absolute atomic E-state index is 0.107. The molecular formula is C14H15N3O. The SMILES string of the molecule is CCN(CC(C)C#N)C(=O)c1ccc(C#N)cc1. The maximum Gasteiger partial charge on any atom is 0.253 e. The summed E-state index contributed by atoms with van der Waals surface area (Å²) in [5.74, 6) is -0.295. The van der Waals surface area contributed by atoms with E-state index in [4.69, 9.17) is 10.5 Å². The number of hydrogen-bond donors (Lipinski definition) is 0. The van der Waals surface area contributed by atoms with Gasteiger partial charge in [-0.3, -0.25) is 4.79 Å². The molecule has 0 saturated heterocycles. The lowest BCUT2D eigenvalue weighted by molar-refractivity contribution is 0.0752. The van der Waals surface area contributed by atoms with Crippen LogP contribution < -0.4 is 0 Å². The van der Waals surface area contributed by atoms with E-state index in [2.05, 4.69) is 6.07 Å². The zero-order chi connectivity index (χ0) is 13.5. The van der Waals surface area contributed by atoms with E-state index in [1.165, 1.54) is 0 Å². The van der Waals surface area contributed by atoms with Crippen LogP contribution in [0.4, 0.5) is 0 Å². The number of amides is 1. The predicted molar refractivity (Wildman–Crippen MR) is 67.5 cm³/mol. The molecular weight excluding hydrogens is 226 g/mol. The standard InChI is InChI=1S/C14H15N3O/c1-3-17(10-11(2)8-15)14(18)13-6-4-12(9-16)5-7-13/h4-7,11H,3,10H2,1-2H3. The van der Waals surface area contributed by atoms with Gasteiger partial charge >= 0.3 is 0 Å². The van der Waals surface area contributed by atoms with Gasteiger partial charge < -0.3 is 4.90 Å². The number of benzene rings is 1. The lowest BCUT2D eigenvalue weighted by Crippen LogP contribution is -2.34. The van der Waals surface area contributed by atoms with Gasteiger partial charge in [-0.15, -0.1) is 0 Å². The molecule has 1 atom stereocenters. The quantitative estimate of drug-likeness (QED) is 0.811. The normalized spacial score (nSPS) is 11.1. The van der Waals surface area contributed by atoms with Gasteiger partial charge in [0.15, 0.2) is 0 Å². The van der Waals surface area contributed by atoms with Crippen LogP contribution in [0.2, 0.25) is 0 Å². The molecule has 0 aromatic heterocycles. The first kappa shape index (κ1) is 13.7. The second-order valence-corrected chi connectivity index (χ2v) is 4.06. The molecule has 0 fully saturated rings. The van der Waals surface area contributed by atoms with Crippen LogP contribution in [0, 0.1) is 28.6 Å². The van der Waals surface area contributed by atoms with Gasteiger partial charge in [-0.25, -0.2) is 0 Å². The van der Waals surface area contributed by atoms with Gasteiger partial charge in [0.25, 0.3) is 5.91 Å². The number of carbonyl (C=O) groups is 1. The molecule has 1 aromatic carbocycles. The summed E-state index contributed by atoms with van der Waals surface area (Å²) in [6, 6.07) is 10.6. The van der Waals surface area contributed by atoms with Crippen LogP contribution in [0.15, 0.2) is 24.3 Å². The lowest BCUT2D eigenvalue weighted by atomic mass is 10.1. The molecule has 0 aliphatic heterocycles. The third kappa shape index (κ3) is 3.33. The fraction of sp³-hybridized carbons (Fsp3) is 0.357. The summed E-state index contributed by atoms with van der Waals surface area (Å²) in [7, 11) is 0. The number of hydrogen-bond acceptors (Lipinski definition) is 3. The largest absolute Gasteiger partial charge is 0.338 e. The second kappa shape index (κ2) is 6.42. The highest BCUT2D eigenvalue weighted by atomic mass is 16.2. The van der Waals surface area contributed by atoms with E-state index in [1.807, 2.05) is 13.0 Å². The highest BCUT2D eigenvalue weighted by molar-refractivity contribution is 5.94. The Hall–Kier alpha value is -2.33. The Morgan fingerprint density at radius 1 is 1.33 bits per heavy atom. The van der Waals surface area contributed by atoms with Gasteiger partial charge in [0.05, 0.1) is 23.6 Å². The Labute approximate surface area is 107 Å². The van der Waals surface area contributed by atoms with Crippen LogP contribution in [-0.2, 0) is 0 Å². The van der Waals surface area contributed by atoms with Gasteiger partial charge in [-0.2, -0.15) is 10.5 Å². The molecule has 0 saturated carbocycles. The Balaban J connectivity index is 2.84. The molecule has 1 amide bonds. The van der Waals surface area contributed by atoms with Crippen molar-refractivity contribution in [3.63, 3.8) is 0 Å². The molecule has 4 nitrogen and oxygen atoms in total. The first-order valence-corrected chi connectivity index (χ1v) is 5.81. The topological polar surface area (TPSA) is 67.9 Å². The number of rotatable bonds is 4. The average Bonchev–Trinajstić information content (AvgIpc) is 2.43. The van der Waals surface area contributed by atoms with E-state index >= 15 is 0 Å². The molecule has 1 rings (SSSR count). The maximum atomic E-state index is 12.2. The summed E-state index contributed by atoms with van der Waals surface area (Å²) in [5.41, 5.74) is 1.07. The van der Waals surface area contributed by atoms with Gasteiger partial charge in [0.2, 0.25) is 0 Å². The van der Waals surface area contributed by atoms with Crippen molar-refractivity contribution < 1.29 is 4.79 Å². The van der Waals surface area contributed by atoms with Crippen molar-refractivity contribution in [1.82, 2.24) is 4.90 Å². The van der Waals surface area contributed by atoms with Crippen LogP contribution in [0.3, 0.4) is 0 Å². The molecule has 18 heavy (non-hydrogen) atoms. The van der Waals surface area contributed by atoms with Crippen LogP contribution in [-0.4, -0.2) is 23.9 Å². The van der Waals surface area contributed by atoms with Gasteiger partial charge in [-0.05, 0) is 38.1 Å². The minimum Gasteiger partial charge on any atom is -0.338 e. The van der Waals surface area contributed by atoms with E-state index in [0.717, 1.165) is 0 Å². The number of nitrogens with zero attached hydrogens (tertiary/aromatic N) is 3. The minimum atomic E-state index is -0.188. The summed E-state index contributed by atoms with van der Waals surface area (Å²) in [6.07, 6.45) is 0. The summed E-state index contributed by atoms with van der Waals surface area (Å²) in [6.45, 7) is 4.65. The van der Waals surface area contributed by atoms with Crippen LogP contribution in [0.25, 0.3) is 0 Å². The van der Waals surface area contributed by atoms with Gasteiger partial charge in [-0.1, -0.05) is 0 Å². The van der Waals surface area contributed by atoms with Crippen molar-refractivity contribution >= 4 is 5.91 Å². The maximum absolute atomic E-state index is 12.2. The first-order chi connectivity index (χ1) is 8.62. The molecule has 0 spiro atoms.